The number of aromatic amines is 1. The van der Waals surface area contributed by atoms with Gasteiger partial charge in [-0.05, 0) is 20.8 Å². The van der Waals surface area contributed by atoms with Crippen LogP contribution in [0.2, 0.25) is 0 Å². The molecule has 3 rings (SSSR count). The molecular formula is C15H17FN8. The number of nitrogen functional groups attached to an aromatic ring is 1. The van der Waals surface area contributed by atoms with E-state index in [0.717, 1.165) is 23.7 Å². The largest absolute Gasteiger partial charge is 0.368 e. The van der Waals surface area contributed by atoms with Gasteiger partial charge in [0.05, 0.1) is 24.0 Å². The summed E-state index contributed by atoms with van der Waals surface area (Å²) >= 11 is 0. The van der Waals surface area contributed by atoms with Gasteiger partial charge in [0.15, 0.2) is 11.6 Å². The standard InChI is InChI=1S/C15H17FN8/c1-7-4-11(24-23-7)20-14-9(3)12(21-15(17)22-14)8(2)13-18-5-10(16)6-19-13/h4-6,8H,1-3H3,(H4,17,20,21,22,23,24)/t8-/m0/s1. The Balaban J connectivity index is 1.97. The van der Waals surface area contributed by atoms with Crippen LogP contribution in [0.1, 0.15) is 35.6 Å². The van der Waals surface area contributed by atoms with E-state index in [0.29, 0.717) is 23.2 Å². The minimum atomic E-state index is -0.485. The van der Waals surface area contributed by atoms with Crippen LogP contribution >= 0.6 is 0 Å². The third-order valence-corrected chi connectivity index (χ3v) is 3.59. The van der Waals surface area contributed by atoms with Crippen molar-refractivity contribution in [2.45, 2.75) is 26.7 Å². The molecule has 9 heteroatoms. The molecule has 0 bridgehead atoms. The molecule has 3 heterocycles. The highest BCUT2D eigenvalue weighted by Gasteiger charge is 2.20. The summed E-state index contributed by atoms with van der Waals surface area (Å²) < 4.78 is 13.0. The summed E-state index contributed by atoms with van der Waals surface area (Å²) in [5.41, 5.74) is 8.22. The molecule has 0 radical (unpaired) electrons. The fourth-order valence-corrected chi connectivity index (χ4v) is 2.37. The average molecular weight is 328 g/mol. The molecule has 4 N–H and O–H groups in total. The molecule has 0 aromatic carbocycles. The Kier molecular flexibility index (Phi) is 4.07. The van der Waals surface area contributed by atoms with Gasteiger partial charge in [0.25, 0.3) is 0 Å². The smallest absolute Gasteiger partial charge is 0.222 e. The second-order valence-corrected chi connectivity index (χ2v) is 5.48. The van der Waals surface area contributed by atoms with Crippen molar-refractivity contribution < 1.29 is 4.39 Å². The zero-order valence-corrected chi connectivity index (χ0v) is 13.5. The quantitative estimate of drug-likeness (QED) is 0.672. The van der Waals surface area contributed by atoms with Gasteiger partial charge in [-0.1, -0.05) is 0 Å². The van der Waals surface area contributed by atoms with Crippen LogP contribution in [-0.4, -0.2) is 30.1 Å². The first kappa shape index (κ1) is 15.8. The van der Waals surface area contributed by atoms with Crippen LogP contribution in [0.25, 0.3) is 0 Å². The lowest BCUT2D eigenvalue weighted by Crippen LogP contribution is -2.12. The van der Waals surface area contributed by atoms with E-state index in [4.69, 9.17) is 5.73 Å². The summed E-state index contributed by atoms with van der Waals surface area (Å²) in [4.78, 5) is 16.6. The van der Waals surface area contributed by atoms with E-state index in [2.05, 4.69) is 35.5 Å². The topological polar surface area (TPSA) is 118 Å². The summed E-state index contributed by atoms with van der Waals surface area (Å²) in [5, 5.41) is 10.1. The molecule has 0 unspecified atom stereocenters. The Morgan fingerprint density at radius 3 is 2.54 bits per heavy atom. The summed E-state index contributed by atoms with van der Waals surface area (Å²) in [5.74, 6) is 1.01. The molecule has 0 amide bonds. The van der Waals surface area contributed by atoms with Crippen molar-refractivity contribution in [1.29, 1.82) is 0 Å². The van der Waals surface area contributed by atoms with Gasteiger partial charge in [-0.15, -0.1) is 0 Å². The zero-order chi connectivity index (χ0) is 17.3. The van der Waals surface area contributed by atoms with E-state index < -0.39 is 5.82 Å². The molecule has 0 saturated heterocycles. The van der Waals surface area contributed by atoms with Crippen molar-refractivity contribution in [2.75, 3.05) is 11.1 Å². The van der Waals surface area contributed by atoms with Gasteiger partial charge in [0.2, 0.25) is 5.95 Å². The Morgan fingerprint density at radius 2 is 1.92 bits per heavy atom. The van der Waals surface area contributed by atoms with Crippen LogP contribution in [0.3, 0.4) is 0 Å². The van der Waals surface area contributed by atoms with E-state index in [1.807, 2.05) is 26.8 Å². The number of nitrogens with two attached hydrogens (primary N) is 1. The van der Waals surface area contributed by atoms with Gasteiger partial charge >= 0.3 is 0 Å². The van der Waals surface area contributed by atoms with Crippen molar-refractivity contribution in [3.63, 3.8) is 0 Å². The first-order valence-corrected chi connectivity index (χ1v) is 7.34. The van der Waals surface area contributed by atoms with Crippen LogP contribution < -0.4 is 11.1 Å². The Morgan fingerprint density at radius 1 is 1.21 bits per heavy atom. The first-order chi connectivity index (χ1) is 11.4. The minimum absolute atomic E-state index is 0.124. The highest BCUT2D eigenvalue weighted by Crippen LogP contribution is 2.28. The van der Waals surface area contributed by atoms with Gasteiger partial charge in [-0.3, -0.25) is 5.10 Å². The summed E-state index contributed by atoms with van der Waals surface area (Å²) in [6, 6.07) is 1.85. The molecule has 24 heavy (non-hydrogen) atoms. The number of anilines is 3. The molecular weight excluding hydrogens is 311 g/mol. The number of H-pyrrole nitrogens is 1. The van der Waals surface area contributed by atoms with Crippen molar-refractivity contribution in [1.82, 2.24) is 30.1 Å². The summed E-state index contributed by atoms with van der Waals surface area (Å²) in [7, 11) is 0. The van der Waals surface area contributed by atoms with Crippen LogP contribution in [0.15, 0.2) is 18.5 Å². The van der Waals surface area contributed by atoms with Gasteiger partial charge in [-0.2, -0.15) is 10.1 Å². The van der Waals surface area contributed by atoms with Crippen molar-refractivity contribution in [3.05, 3.63) is 47.1 Å². The van der Waals surface area contributed by atoms with E-state index in [9.17, 15) is 4.39 Å². The second-order valence-electron chi connectivity index (χ2n) is 5.48. The van der Waals surface area contributed by atoms with Gasteiger partial charge in [-0.25, -0.2) is 19.3 Å². The number of rotatable bonds is 4. The molecule has 0 fully saturated rings. The maximum Gasteiger partial charge on any atom is 0.222 e. The Hall–Kier alpha value is -3.10. The average Bonchev–Trinajstić information content (AvgIpc) is 2.95. The lowest BCUT2D eigenvalue weighted by molar-refractivity contribution is 0.604. The van der Waals surface area contributed by atoms with Gasteiger partial charge in [0, 0.05) is 17.3 Å². The second kappa shape index (κ2) is 6.19. The number of hydrogen-bond acceptors (Lipinski definition) is 7. The molecule has 0 spiro atoms. The third-order valence-electron chi connectivity index (χ3n) is 3.59. The molecule has 1 atom stereocenters. The zero-order valence-electron chi connectivity index (χ0n) is 13.5. The molecule has 8 nitrogen and oxygen atoms in total. The Labute approximate surface area is 137 Å². The molecule has 0 saturated carbocycles. The highest BCUT2D eigenvalue weighted by molar-refractivity contribution is 5.59. The van der Waals surface area contributed by atoms with E-state index in [-0.39, 0.29) is 11.9 Å². The highest BCUT2D eigenvalue weighted by atomic mass is 19.1. The van der Waals surface area contributed by atoms with E-state index in [1.165, 1.54) is 0 Å². The predicted octanol–water partition coefficient (Wildman–Crippen LogP) is 2.22. The molecule has 124 valence electrons. The van der Waals surface area contributed by atoms with Gasteiger partial charge in [0.1, 0.15) is 11.6 Å². The number of aryl methyl sites for hydroxylation is 1. The van der Waals surface area contributed by atoms with Crippen LogP contribution in [-0.2, 0) is 0 Å². The third kappa shape index (κ3) is 3.14. The molecule has 0 aliphatic heterocycles. The number of hydrogen-bond donors (Lipinski definition) is 3. The summed E-state index contributed by atoms with van der Waals surface area (Å²) in [6.45, 7) is 5.65. The van der Waals surface area contributed by atoms with Crippen molar-refractivity contribution >= 4 is 17.6 Å². The van der Waals surface area contributed by atoms with Crippen LogP contribution in [0, 0.1) is 19.7 Å². The van der Waals surface area contributed by atoms with Crippen molar-refractivity contribution in [2.24, 2.45) is 0 Å². The summed E-state index contributed by atoms with van der Waals surface area (Å²) in [6.07, 6.45) is 2.26. The number of aromatic nitrogens is 6. The Bertz CT molecular complexity index is 858. The maximum atomic E-state index is 13.0. The normalized spacial score (nSPS) is 12.2. The fraction of sp³-hybridized carbons (Fsp3) is 0.267. The van der Waals surface area contributed by atoms with Gasteiger partial charge < -0.3 is 11.1 Å². The molecule has 3 aromatic rings. The number of halogens is 1. The fourth-order valence-electron chi connectivity index (χ4n) is 2.37. The SMILES string of the molecule is Cc1cc(Nc2nc(N)nc([C@H](C)c3ncc(F)cn3)c2C)n[nH]1. The van der Waals surface area contributed by atoms with E-state index >= 15 is 0 Å². The number of nitrogens with one attached hydrogen (secondary N) is 2. The van der Waals surface area contributed by atoms with E-state index in [1.54, 1.807) is 0 Å². The number of nitrogens with zero attached hydrogens (tertiary/aromatic N) is 5. The molecule has 0 aliphatic rings. The van der Waals surface area contributed by atoms with Crippen molar-refractivity contribution in [3.8, 4) is 0 Å². The maximum absolute atomic E-state index is 13.0. The molecule has 0 aliphatic carbocycles. The lowest BCUT2D eigenvalue weighted by Gasteiger charge is -2.15. The van der Waals surface area contributed by atoms with Crippen LogP contribution in [0.4, 0.5) is 22.0 Å². The van der Waals surface area contributed by atoms with Crippen LogP contribution in [0.5, 0.6) is 0 Å². The first-order valence-electron chi connectivity index (χ1n) is 7.34. The monoisotopic (exact) mass is 328 g/mol. The minimum Gasteiger partial charge on any atom is -0.368 e. The predicted molar refractivity (Wildman–Crippen MR) is 87.3 cm³/mol. The lowest BCUT2D eigenvalue weighted by atomic mass is 10.0. The molecule has 3 aromatic heterocycles.